The fourth-order valence-electron chi connectivity index (χ4n) is 5.07. The average Bonchev–Trinajstić information content (AvgIpc) is 3.35. The van der Waals surface area contributed by atoms with Crippen molar-refractivity contribution >= 4 is 23.1 Å². The summed E-state index contributed by atoms with van der Waals surface area (Å²) < 4.78 is 21.0. The fourth-order valence-corrected chi connectivity index (χ4v) is 5.07. The van der Waals surface area contributed by atoms with E-state index in [4.69, 9.17) is 4.74 Å². The van der Waals surface area contributed by atoms with Crippen LogP contribution in [0.25, 0.3) is 11.4 Å². The molecule has 4 heterocycles. The molecule has 0 aliphatic carbocycles. The predicted molar refractivity (Wildman–Crippen MR) is 132 cm³/mol. The van der Waals surface area contributed by atoms with Crippen molar-refractivity contribution in [2.45, 2.75) is 26.3 Å². The Balaban J connectivity index is 1.54. The summed E-state index contributed by atoms with van der Waals surface area (Å²) in [6.07, 6.45) is 2.49. The molecular weight excluding hydrogens is 463 g/mol. The van der Waals surface area contributed by atoms with E-state index in [1.807, 2.05) is 29.7 Å². The first-order valence-electron chi connectivity index (χ1n) is 12.2. The molecule has 0 spiro atoms. The molecule has 2 aliphatic rings. The van der Waals surface area contributed by atoms with Crippen LogP contribution in [0.5, 0.6) is 0 Å². The number of hydrogen-bond donors (Lipinski definition) is 1. The maximum absolute atomic E-state index is 13.7. The summed E-state index contributed by atoms with van der Waals surface area (Å²) in [5.74, 6) is -2.18. The lowest BCUT2D eigenvalue weighted by Gasteiger charge is -2.29. The summed E-state index contributed by atoms with van der Waals surface area (Å²) in [6, 6.07) is 8.65. The minimum Gasteiger partial charge on any atom is -0.505 e. The maximum atomic E-state index is 13.7. The lowest BCUT2D eigenvalue weighted by Crippen LogP contribution is -2.38. The number of imidazole rings is 1. The molecule has 1 amide bonds. The van der Waals surface area contributed by atoms with Crippen molar-refractivity contribution in [2.75, 3.05) is 39.4 Å². The number of carbonyl (C=O) groups excluding carboxylic acids is 2. The summed E-state index contributed by atoms with van der Waals surface area (Å²) in [6.45, 7) is 7.81. The number of fused-ring (bicyclic) bond motifs is 1. The number of aliphatic hydroxyl groups is 1. The van der Waals surface area contributed by atoms with Gasteiger partial charge in [-0.15, -0.1) is 0 Å². The molecular formula is C27H29FN4O4. The van der Waals surface area contributed by atoms with Gasteiger partial charge in [0.15, 0.2) is 5.76 Å². The van der Waals surface area contributed by atoms with E-state index < -0.39 is 23.5 Å². The largest absolute Gasteiger partial charge is 0.505 e. The van der Waals surface area contributed by atoms with E-state index in [1.165, 1.54) is 17.0 Å². The second kappa shape index (κ2) is 9.83. The van der Waals surface area contributed by atoms with Gasteiger partial charge >= 0.3 is 0 Å². The zero-order valence-electron chi connectivity index (χ0n) is 20.4. The van der Waals surface area contributed by atoms with Gasteiger partial charge in [0.05, 0.1) is 30.5 Å². The van der Waals surface area contributed by atoms with Gasteiger partial charge in [-0.25, -0.2) is 9.37 Å². The highest BCUT2D eigenvalue weighted by molar-refractivity contribution is 6.46. The Labute approximate surface area is 208 Å². The number of hydrogen-bond acceptors (Lipinski definition) is 6. The van der Waals surface area contributed by atoms with Crippen molar-refractivity contribution in [3.8, 4) is 0 Å². The van der Waals surface area contributed by atoms with Crippen LogP contribution in [-0.4, -0.2) is 75.4 Å². The number of aliphatic hydroxyl groups excluding tert-OH is 1. The summed E-state index contributed by atoms with van der Waals surface area (Å²) >= 11 is 0. The van der Waals surface area contributed by atoms with Crippen LogP contribution in [0.3, 0.4) is 0 Å². The van der Waals surface area contributed by atoms with E-state index >= 15 is 0 Å². The van der Waals surface area contributed by atoms with Gasteiger partial charge in [-0.1, -0.05) is 18.2 Å². The number of ketones is 1. The number of amides is 1. The first kappa shape index (κ1) is 24.1. The molecule has 8 nitrogen and oxygen atoms in total. The molecule has 1 N–H and O–H groups in total. The van der Waals surface area contributed by atoms with Gasteiger partial charge < -0.3 is 19.1 Å². The third kappa shape index (κ3) is 4.29. The van der Waals surface area contributed by atoms with E-state index in [1.54, 1.807) is 19.1 Å². The number of pyridine rings is 1. The Morgan fingerprint density at radius 2 is 1.83 bits per heavy atom. The zero-order chi connectivity index (χ0) is 25.4. The predicted octanol–water partition coefficient (Wildman–Crippen LogP) is 3.23. The van der Waals surface area contributed by atoms with E-state index in [0.717, 1.165) is 25.2 Å². The minimum absolute atomic E-state index is 0.0258. The van der Waals surface area contributed by atoms with E-state index in [2.05, 4.69) is 9.88 Å². The highest BCUT2D eigenvalue weighted by Crippen LogP contribution is 2.40. The number of nitrogens with zero attached hydrogens (tertiary/aromatic N) is 4. The van der Waals surface area contributed by atoms with E-state index in [-0.39, 0.29) is 17.0 Å². The van der Waals surface area contributed by atoms with Crippen molar-refractivity contribution in [1.29, 1.82) is 0 Å². The van der Waals surface area contributed by atoms with Crippen LogP contribution in [0, 0.1) is 19.7 Å². The van der Waals surface area contributed by atoms with Crippen LogP contribution in [0.15, 0.2) is 48.2 Å². The van der Waals surface area contributed by atoms with E-state index in [0.29, 0.717) is 43.1 Å². The number of aromatic nitrogens is 2. The molecule has 0 bridgehead atoms. The highest BCUT2D eigenvalue weighted by Gasteiger charge is 2.46. The number of halogens is 1. The van der Waals surface area contributed by atoms with Crippen molar-refractivity contribution in [1.82, 2.24) is 19.2 Å². The summed E-state index contributed by atoms with van der Waals surface area (Å²) in [5, 5.41) is 11.4. The second-order valence-electron chi connectivity index (χ2n) is 9.28. The van der Waals surface area contributed by atoms with Crippen LogP contribution in [0.1, 0.15) is 35.0 Å². The van der Waals surface area contributed by atoms with Crippen LogP contribution in [-0.2, 0) is 14.3 Å². The van der Waals surface area contributed by atoms with Gasteiger partial charge in [-0.05, 0) is 49.6 Å². The number of Topliss-reactive ketones (excluding diaryl/α,β-unsaturated/α-hetero) is 1. The van der Waals surface area contributed by atoms with Crippen molar-refractivity contribution in [3.05, 3.63) is 76.5 Å². The molecule has 0 radical (unpaired) electrons. The molecule has 2 saturated heterocycles. The van der Waals surface area contributed by atoms with Gasteiger partial charge in [0.2, 0.25) is 0 Å². The van der Waals surface area contributed by atoms with Crippen molar-refractivity contribution in [3.63, 3.8) is 0 Å². The summed E-state index contributed by atoms with van der Waals surface area (Å²) in [4.78, 5) is 34.8. The second-order valence-corrected chi connectivity index (χ2v) is 9.28. The number of rotatable bonds is 6. The number of ether oxygens (including phenoxy) is 1. The standard InChI is InChI=1S/C27H29FN4O4/c1-17-5-3-11-31-18(2)22(29-26(17)31)24(33)21-23(19-6-8-20(28)9-7-19)32(27(35)25(21)34)12-4-10-30-13-15-36-16-14-30/h3,5-9,11,23,33H,4,10,12-16H2,1-2H3. The molecule has 9 heteroatoms. The smallest absolute Gasteiger partial charge is 0.295 e. The first-order chi connectivity index (χ1) is 17.4. The Bertz CT molecular complexity index is 1340. The fraction of sp³-hybridized carbons (Fsp3) is 0.370. The molecule has 1 unspecified atom stereocenters. The molecule has 0 saturated carbocycles. The summed E-state index contributed by atoms with van der Waals surface area (Å²) in [7, 11) is 0. The molecule has 188 valence electrons. The van der Waals surface area contributed by atoms with Crippen LogP contribution in [0.4, 0.5) is 4.39 Å². The van der Waals surface area contributed by atoms with Gasteiger partial charge in [-0.3, -0.25) is 14.5 Å². The maximum Gasteiger partial charge on any atom is 0.295 e. The normalized spacial score (nSPS) is 20.5. The Morgan fingerprint density at radius 1 is 1.11 bits per heavy atom. The quantitative estimate of drug-likeness (QED) is 0.323. The number of carbonyl (C=O) groups is 2. The van der Waals surface area contributed by atoms with Gasteiger partial charge in [0.25, 0.3) is 11.7 Å². The summed E-state index contributed by atoms with van der Waals surface area (Å²) in [5.41, 5.74) is 3.02. The topological polar surface area (TPSA) is 87.4 Å². The number of morpholine rings is 1. The molecule has 36 heavy (non-hydrogen) atoms. The third-order valence-corrected chi connectivity index (χ3v) is 7.01. The molecule has 1 aromatic carbocycles. The SMILES string of the molecule is Cc1cccn2c(C)c(C(O)=C3C(=O)C(=O)N(CCCN4CCOCC4)C3c3ccc(F)cc3)nc12. The average molecular weight is 493 g/mol. The molecule has 1 atom stereocenters. The lowest BCUT2D eigenvalue weighted by atomic mass is 9.96. The molecule has 5 rings (SSSR count). The number of aryl methyl sites for hydroxylation is 2. The minimum atomic E-state index is -0.833. The molecule has 3 aromatic rings. The van der Waals surface area contributed by atoms with Crippen LogP contribution >= 0.6 is 0 Å². The first-order valence-corrected chi connectivity index (χ1v) is 12.2. The Hall–Kier alpha value is -3.56. The third-order valence-electron chi connectivity index (χ3n) is 7.01. The monoisotopic (exact) mass is 492 g/mol. The van der Waals surface area contributed by atoms with E-state index in [9.17, 15) is 19.1 Å². The molecule has 2 aliphatic heterocycles. The lowest BCUT2D eigenvalue weighted by molar-refractivity contribution is -0.140. The van der Waals surface area contributed by atoms with Crippen LogP contribution < -0.4 is 0 Å². The van der Waals surface area contributed by atoms with Gasteiger partial charge in [-0.2, -0.15) is 0 Å². The van der Waals surface area contributed by atoms with Gasteiger partial charge in [0, 0.05) is 32.4 Å². The number of benzene rings is 1. The molecule has 2 aromatic heterocycles. The molecule has 2 fully saturated rings. The van der Waals surface area contributed by atoms with Crippen LogP contribution in [0.2, 0.25) is 0 Å². The Kier molecular flexibility index (Phi) is 6.59. The van der Waals surface area contributed by atoms with Crippen molar-refractivity contribution < 1.29 is 23.8 Å². The Morgan fingerprint density at radius 3 is 2.53 bits per heavy atom. The van der Waals surface area contributed by atoms with Crippen molar-refractivity contribution in [2.24, 2.45) is 0 Å². The number of likely N-dealkylation sites (tertiary alicyclic amines) is 1. The zero-order valence-corrected chi connectivity index (χ0v) is 20.4. The highest BCUT2D eigenvalue weighted by atomic mass is 19.1. The van der Waals surface area contributed by atoms with Gasteiger partial charge in [0.1, 0.15) is 17.2 Å².